The van der Waals surface area contributed by atoms with Crippen molar-refractivity contribution in [3.63, 3.8) is 0 Å². The van der Waals surface area contributed by atoms with Crippen molar-refractivity contribution in [1.29, 1.82) is 0 Å². The molecule has 140 valence electrons. The number of hydrogen-bond acceptors (Lipinski definition) is 5. The fraction of sp³-hybridized carbons (Fsp3) is 0.400. The lowest BCUT2D eigenvalue weighted by molar-refractivity contribution is -0.131. The van der Waals surface area contributed by atoms with E-state index < -0.39 is 0 Å². The molecule has 2 aromatic heterocycles. The van der Waals surface area contributed by atoms with Gasteiger partial charge in [0, 0.05) is 23.5 Å². The van der Waals surface area contributed by atoms with Gasteiger partial charge in [0.1, 0.15) is 0 Å². The highest BCUT2D eigenvalue weighted by Gasteiger charge is 2.30. The minimum absolute atomic E-state index is 0.124. The Morgan fingerprint density at radius 2 is 1.93 bits per heavy atom. The average Bonchev–Trinajstić information content (AvgIpc) is 3.25. The molecular weight excluding hydrogens is 340 g/mol. The van der Waals surface area contributed by atoms with Crippen LogP contribution >= 0.6 is 0 Å². The number of nitrogen functional groups attached to an aromatic ring is 1. The van der Waals surface area contributed by atoms with Crippen LogP contribution in [0.2, 0.25) is 0 Å². The van der Waals surface area contributed by atoms with Crippen LogP contribution in [0.15, 0.2) is 24.3 Å². The summed E-state index contributed by atoms with van der Waals surface area (Å²) in [6.07, 6.45) is 2.34. The summed E-state index contributed by atoms with van der Waals surface area (Å²) in [4.78, 5) is 23.7. The van der Waals surface area contributed by atoms with E-state index in [-0.39, 0.29) is 17.9 Å². The van der Waals surface area contributed by atoms with E-state index in [9.17, 15) is 4.79 Å². The molecule has 1 fully saturated rings. The van der Waals surface area contributed by atoms with Crippen LogP contribution in [0.3, 0.4) is 0 Å². The van der Waals surface area contributed by atoms with Gasteiger partial charge in [-0.2, -0.15) is 9.50 Å². The maximum absolute atomic E-state index is 13.1. The summed E-state index contributed by atoms with van der Waals surface area (Å²) in [5.74, 6) is 0.781. The van der Waals surface area contributed by atoms with Gasteiger partial charge < -0.3 is 10.6 Å². The van der Waals surface area contributed by atoms with Gasteiger partial charge in [-0.25, -0.2) is 4.98 Å². The third-order valence-electron chi connectivity index (χ3n) is 5.43. The highest BCUT2D eigenvalue weighted by atomic mass is 16.2. The SMILES string of the molecule is Cc1ccc([C@@H]2CCCN2C(=O)Cc2c(C)nc3nc(N)nn3c2C)cc1. The second-order valence-corrected chi connectivity index (χ2v) is 7.28. The lowest BCUT2D eigenvalue weighted by atomic mass is 10.0. The zero-order valence-corrected chi connectivity index (χ0v) is 15.9. The number of nitrogens with zero attached hydrogens (tertiary/aromatic N) is 5. The predicted molar refractivity (Wildman–Crippen MR) is 103 cm³/mol. The molecule has 1 saturated heterocycles. The second kappa shape index (κ2) is 6.64. The molecule has 7 nitrogen and oxygen atoms in total. The molecule has 1 atom stereocenters. The first-order valence-corrected chi connectivity index (χ1v) is 9.28. The summed E-state index contributed by atoms with van der Waals surface area (Å²) in [6, 6.07) is 8.63. The molecule has 0 aliphatic carbocycles. The number of fused-ring (bicyclic) bond motifs is 1. The Balaban J connectivity index is 1.61. The van der Waals surface area contributed by atoms with Crippen molar-refractivity contribution < 1.29 is 4.79 Å². The molecule has 0 radical (unpaired) electrons. The molecule has 4 rings (SSSR count). The van der Waals surface area contributed by atoms with E-state index in [1.165, 1.54) is 11.1 Å². The molecule has 0 saturated carbocycles. The molecule has 1 amide bonds. The minimum atomic E-state index is 0.124. The number of rotatable bonds is 3. The third-order valence-corrected chi connectivity index (χ3v) is 5.43. The lowest BCUT2D eigenvalue weighted by Gasteiger charge is -2.26. The highest BCUT2D eigenvalue weighted by Crippen LogP contribution is 2.32. The predicted octanol–water partition coefficient (Wildman–Crippen LogP) is 2.54. The van der Waals surface area contributed by atoms with E-state index in [1.54, 1.807) is 4.52 Å². The van der Waals surface area contributed by atoms with Gasteiger partial charge >= 0.3 is 0 Å². The van der Waals surface area contributed by atoms with Crippen molar-refractivity contribution in [3.8, 4) is 0 Å². The number of anilines is 1. The van der Waals surface area contributed by atoms with E-state index in [2.05, 4.69) is 46.3 Å². The fourth-order valence-electron chi connectivity index (χ4n) is 3.93. The van der Waals surface area contributed by atoms with Crippen molar-refractivity contribution in [2.45, 2.75) is 46.1 Å². The smallest absolute Gasteiger partial charge is 0.254 e. The number of carbonyl (C=O) groups excluding carboxylic acids is 1. The minimum Gasteiger partial charge on any atom is -0.366 e. The van der Waals surface area contributed by atoms with Crippen LogP contribution in [0.5, 0.6) is 0 Å². The van der Waals surface area contributed by atoms with Crippen LogP contribution < -0.4 is 5.73 Å². The number of carbonyl (C=O) groups is 1. The summed E-state index contributed by atoms with van der Waals surface area (Å²) in [5, 5.41) is 4.19. The Morgan fingerprint density at radius 3 is 2.67 bits per heavy atom. The van der Waals surface area contributed by atoms with E-state index in [0.717, 1.165) is 36.3 Å². The number of benzene rings is 1. The molecule has 3 aromatic rings. The number of aryl methyl sites for hydroxylation is 3. The zero-order valence-electron chi connectivity index (χ0n) is 15.9. The Kier molecular flexibility index (Phi) is 4.30. The Bertz CT molecular complexity index is 1010. The van der Waals surface area contributed by atoms with Gasteiger partial charge in [-0.15, -0.1) is 5.10 Å². The molecule has 1 aromatic carbocycles. The first-order valence-electron chi connectivity index (χ1n) is 9.28. The summed E-state index contributed by atoms with van der Waals surface area (Å²) in [7, 11) is 0. The Hall–Kier alpha value is -2.96. The monoisotopic (exact) mass is 364 g/mol. The Morgan fingerprint density at radius 1 is 1.19 bits per heavy atom. The standard InChI is InChI=1S/C20H24N6O/c1-12-6-8-15(9-7-12)17-5-4-10-25(17)18(27)11-16-13(2)22-20-23-19(21)24-26(20)14(16)3/h6-9,17H,4-5,10-11H2,1-3H3,(H2,21,24)/t17-/m0/s1. The van der Waals surface area contributed by atoms with Crippen LogP contribution in [-0.2, 0) is 11.2 Å². The van der Waals surface area contributed by atoms with Crippen molar-refractivity contribution in [2.24, 2.45) is 0 Å². The van der Waals surface area contributed by atoms with E-state index >= 15 is 0 Å². The number of amides is 1. The van der Waals surface area contributed by atoms with E-state index in [0.29, 0.717) is 12.2 Å². The third kappa shape index (κ3) is 3.13. The molecule has 27 heavy (non-hydrogen) atoms. The molecule has 1 aliphatic rings. The second-order valence-electron chi connectivity index (χ2n) is 7.28. The van der Waals surface area contributed by atoms with E-state index in [1.807, 2.05) is 18.7 Å². The average molecular weight is 364 g/mol. The number of likely N-dealkylation sites (tertiary alicyclic amines) is 1. The molecule has 0 bridgehead atoms. The fourth-order valence-corrected chi connectivity index (χ4v) is 3.93. The Labute approximate surface area is 158 Å². The lowest BCUT2D eigenvalue weighted by Crippen LogP contribution is -2.32. The van der Waals surface area contributed by atoms with Crippen LogP contribution in [0.1, 0.15) is 47.0 Å². The maximum Gasteiger partial charge on any atom is 0.254 e. The molecule has 0 unspecified atom stereocenters. The molecule has 7 heteroatoms. The summed E-state index contributed by atoms with van der Waals surface area (Å²) >= 11 is 0. The topological polar surface area (TPSA) is 89.4 Å². The largest absolute Gasteiger partial charge is 0.366 e. The first-order chi connectivity index (χ1) is 12.9. The number of hydrogen-bond donors (Lipinski definition) is 1. The van der Waals surface area contributed by atoms with Crippen molar-refractivity contribution >= 4 is 17.6 Å². The zero-order chi connectivity index (χ0) is 19.1. The van der Waals surface area contributed by atoms with Crippen molar-refractivity contribution in [3.05, 3.63) is 52.3 Å². The molecule has 1 aliphatic heterocycles. The molecular formula is C20H24N6O. The van der Waals surface area contributed by atoms with Gasteiger partial charge in [0.05, 0.1) is 12.5 Å². The summed E-state index contributed by atoms with van der Waals surface area (Å²) < 4.78 is 1.62. The van der Waals surface area contributed by atoms with Crippen molar-refractivity contribution in [1.82, 2.24) is 24.5 Å². The maximum atomic E-state index is 13.1. The number of nitrogens with two attached hydrogens (primary N) is 1. The van der Waals surface area contributed by atoms with Gasteiger partial charge in [-0.3, -0.25) is 4.79 Å². The van der Waals surface area contributed by atoms with Crippen LogP contribution in [-0.4, -0.2) is 36.9 Å². The molecule has 3 heterocycles. The highest BCUT2D eigenvalue weighted by molar-refractivity contribution is 5.80. The van der Waals surface area contributed by atoms with Crippen LogP contribution in [0, 0.1) is 20.8 Å². The van der Waals surface area contributed by atoms with Crippen molar-refractivity contribution in [2.75, 3.05) is 12.3 Å². The normalized spacial score (nSPS) is 17.0. The van der Waals surface area contributed by atoms with E-state index in [4.69, 9.17) is 5.73 Å². The first kappa shape index (κ1) is 17.5. The summed E-state index contributed by atoms with van der Waals surface area (Å²) in [5.41, 5.74) is 10.7. The van der Waals surface area contributed by atoms with Gasteiger partial charge in [-0.05, 0) is 39.2 Å². The quantitative estimate of drug-likeness (QED) is 0.771. The van der Waals surface area contributed by atoms with Gasteiger partial charge in [0.15, 0.2) is 0 Å². The molecule has 2 N–H and O–H groups in total. The van der Waals surface area contributed by atoms with Gasteiger partial charge in [-0.1, -0.05) is 29.8 Å². The molecule has 0 spiro atoms. The summed E-state index contributed by atoms with van der Waals surface area (Å²) in [6.45, 7) is 6.70. The number of aromatic nitrogens is 4. The van der Waals surface area contributed by atoms with Crippen LogP contribution in [0.25, 0.3) is 5.78 Å². The van der Waals surface area contributed by atoms with Crippen LogP contribution in [0.4, 0.5) is 5.95 Å². The van der Waals surface area contributed by atoms with Gasteiger partial charge in [0.25, 0.3) is 5.78 Å². The van der Waals surface area contributed by atoms with Gasteiger partial charge in [0.2, 0.25) is 11.9 Å².